The van der Waals surface area contributed by atoms with Crippen molar-refractivity contribution in [1.29, 1.82) is 0 Å². The highest BCUT2D eigenvalue weighted by molar-refractivity contribution is 6.08. The van der Waals surface area contributed by atoms with Gasteiger partial charge in [-0.05, 0) is 30.2 Å². The first-order valence-corrected chi connectivity index (χ1v) is 11.7. The molecule has 0 spiro atoms. The van der Waals surface area contributed by atoms with E-state index in [1.165, 1.54) is 19.2 Å². The van der Waals surface area contributed by atoms with Gasteiger partial charge in [0.05, 0.1) is 35.8 Å². The Morgan fingerprint density at radius 3 is 2.78 bits per heavy atom. The summed E-state index contributed by atoms with van der Waals surface area (Å²) in [7, 11) is 1.43. The van der Waals surface area contributed by atoms with Gasteiger partial charge in [0.1, 0.15) is 31.2 Å². The summed E-state index contributed by atoms with van der Waals surface area (Å²) in [4.78, 5) is 44.9. The summed E-state index contributed by atoms with van der Waals surface area (Å²) < 4.78 is 20.2. The van der Waals surface area contributed by atoms with Gasteiger partial charge in [-0.2, -0.15) is 0 Å². The average Bonchev–Trinajstić information content (AvgIpc) is 3.45. The number of allylic oxidation sites excluding steroid dienone is 1. The van der Waals surface area contributed by atoms with Crippen LogP contribution in [0.5, 0.6) is 0 Å². The molecule has 0 saturated carbocycles. The van der Waals surface area contributed by atoms with Gasteiger partial charge in [-0.3, -0.25) is 0 Å². The van der Waals surface area contributed by atoms with Crippen LogP contribution in [-0.2, 0) is 30.4 Å². The van der Waals surface area contributed by atoms with Gasteiger partial charge in [0.25, 0.3) is 0 Å². The van der Waals surface area contributed by atoms with Crippen LogP contribution >= 0.6 is 0 Å². The Kier molecular flexibility index (Phi) is 4.99. The molecular formula is C27H20FN3O6. The molecule has 0 bridgehead atoms. The Morgan fingerprint density at radius 1 is 1.30 bits per heavy atom. The second kappa shape index (κ2) is 8.03. The third-order valence-corrected chi connectivity index (χ3v) is 7.59. The molecule has 0 fully saturated rings. The van der Waals surface area contributed by atoms with E-state index in [1.54, 1.807) is 30.1 Å². The third kappa shape index (κ3) is 2.90. The van der Waals surface area contributed by atoms with Crippen LogP contribution in [0.1, 0.15) is 24.5 Å². The molecule has 0 aliphatic carbocycles. The van der Waals surface area contributed by atoms with E-state index in [0.717, 1.165) is 0 Å². The Labute approximate surface area is 210 Å². The van der Waals surface area contributed by atoms with Gasteiger partial charge in [-0.1, -0.05) is 12.1 Å². The van der Waals surface area contributed by atoms with E-state index in [2.05, 4.69) is 5.16 Å². The summed E-state index contributed by atoms with van der Waals surface area (Å²) in [5, 5.41) is 15.4. The van der Waals surface area contributed by atoms with Gasteiger partial charge in [0, 0.05) is 34.4 Å². The number of hydrogen-bond acceptors (Lipinski definition) is 9. The van der Waals surface area contributed by atoms with E-state index in [0.29, 0.717) is 51.3 Å². The smallest absolute Gasteiger partial charge is 0.216 e. The number of ether oxygens (including phenoxy) is 1. The molecule has 0 saturated heterocycles. The molecule has 9 nitrogen and oxygen atoms in total. The number of oxime groups is 1. The van der Waals surface area contributed by atoms with Crippen molar-refractivity contribution in [1.82, 2.24) is 4.90 Å². The number of fused-ring (bicyclic) bond motifs is 3. The first kappa shape index (κ1) is 23.0. The van der Waals surface area contributed by atoms with Crippen LogP contribution in [0.15, 0.2) is 62.9 Å². The van der Waals surface area contributed by atoms with E-state index >= 15 is 0 Å². The molecule has 5 heterocycles. The van der Waals surface area contributed by atoms with Crippen molar-refractivity contribution < 1.29 is 33.5 Å². The molecule has 5 aliphatic rings. The third-order valence-electron chi connectivity index (χ3n) is 7.59. The first-order valence-electron chi connectivity index (χ1n) is 11.7. The van der Waals surface area contributed by atoms with E-state index in [-0.39, 0.29) is 42.6 Å². The molecule has 0 aromatic heterocycles. The topological polar surface area (TPSA) is 109 Å². The minimum Gasteiger partial charge on any atom is -0.479 e. The minimum atomic E-state index is -1.82. The van der Waals surface area contributed by atoms with Crippen LogP contribution < -0.4 is 4.90 Å². The second-order valence-electron chi connectivity index (χ2n) is 9.23. The molecule has 2 atom stereocenters. The maximum Gasteiger partial charge on any atom is 0.216 e. The number of anilines is 1. The summed E-state index contributed by atoms with van der Waals surface area (Å²) in [6.07, 6.45) is 3.77. The van der Waals surface area contributed by atoms with Crippen LogP contribution in [0, 0.1) is 5.82 Å². The van der Waals surface area contributed by atoms with Gasteiger partial charge in [0.2, 0.25) is 5.76 Å². The van der Waals surface area contributed by atoms with Gasteiger partial charge in [-0.25, -0.2) is 18.8 Å². The molecule has 1 aromatic carbocycles. The fraction of sp³-hybridized carbons (Fsp3) is 0.296. The number of hydrogen-bond donors (Lipinski definition) is 1. The number of carbonyl (C=O) groups excluding carboxylic acids is 3. The molecule has 2 unspecified atom stereocenters. The summed E-state index contributed by atoms with van der Waals surface area (Å²) in [5.74, 6) is 4.86. The van der Waals surface area contributed by atoms with Crippen molar-refractivity contribution in [2.75, 3.05) is 25.2 Å². The zero-order valence-electron chi connectivity index (χ0n) is 19.9. The van der Waals surface area contributed by atoms with Gasteiger partial charge >= 0.3 is 0 Å². The minimum absolute atomic E-state index is 0.0771. The average molecular weight is 501 g/mol. The van der Waals surface area contributed by atoms with Crippen LogP contribution in [0.2, 0.25) is 0 Å². The molecule has 0 radical (unpaired) electrons. The van der Waals surface area contributed by atoms with Crippen molar-refractivity contribution in [3.05, 3.63) is 74.7 Å². The SMILES string of the molecule is CCC1(O)C(=C=O)OCC2=C1C=C1C3=C(CN1C2=C=O)N1c2c(cc(F)cc2C3=C=O)CC1/C=N\OC. The van der Waals surface area contributed by atoms with Crippen LogP contribution in [0.3, 0.4) is 0 Å². The number of rotatable bonds is 3. The molecule has 10 heteroatoms. The quantitative estimate of drug-likeness (QED) is 0.380. The van der Waals surface area contributed by atoms with E-state index in [9.17, 15) is 23.9 Å². The molecule has 1 N–H and O–H groups in total. The lowest BCUT2D eigenvalue weighted by molar-refractivity contribution is 0.0311. The van der Waals surface area contributed by atoms with E-state index in [4.69, 9.17) is 9.57 Å². The largest absolute Gasteiger partial charge is 0.479 e. The number of halogens is 1. The maximum atomic E-state index is 14.7. The molecule has 37 heavy (non-hydrogen) atoms. The Bertz CT molecular complexity index is 1570. The zero-order valence-corrected chi connectivity index (χ0v) is 19.9. The zero-order chi connectivity index (χ0) is 26.1. The highest BCUT2D eigenvalue weighted by atomic mass is 19.1. The van der Waals surface area contributed by atoms with Crippen LogP contribution in [0.4, 0.5) is 10.1 Å². The lowest BCUT2D eigenvalue weighted by Crippen LogP contribution is -2.42. The van der Waals surface area contributed by atoms with E-state index < -0.39 is 11.4 Å². The van der Waals surface area contributed by atoms with Crippen molar-refractivity contribution in [2.24, 2.45) is 5.16 Å². The molecule has 0 amide bonds. The first-order chi connectivity index (χ1) is 17.9. The van der Waals surface area contributed by atoms with Crippen LogP contribution in [0.25, 0.3) is 5.57 Å². The fourth-order valence-electron chi connectivity index (χ4n) is 6.01. The monoisotopic (exact) mass is 501 g/mol. The van der Waals surface area contributed by atoms with Crippen molar-refractivity contribution in [2.45, 2.75) is 31.4 Å². The molecule has 1 aromatic rings. The molecule has 186 valence electrons. The molecule has 5 aliphatic heterocycles. The Morgan fingerprint density at radius 2 is 2.11 bits per heavy atom. The van der Waals surface area contributed by atoms with Gasteiger partial charge in [-0.15, -0.1) is 0 Å². The summed E-state index contributed by atoms with van der Waals surface area (Å²) in [6, 6.07) is 2.40. The summed E-state index contributed by atoms with van der Waals surface area (Å²) in [6.45, 7) is 1.74. The maximum absolute atomic E-state index is 14.7. The summed E-state index contributed by atoms with van der Waals surface area (Å²) in [5.41, 5.74) is 2.49. The lowest BCUT2D eigenvalue weighted by atomic mass is 9.79. The lowest BCUT2D eigenvalue weighted by Gasteiger charge is -2.39. The highest BCUT2D eigenvalue weighted by Crippen LogP contribution is 2.55. The van der Waals surface area contributed by atoms with Gasteiger partial charge in [0.15, 0.2) is 17.5 Å². The molecular weight excluding hydrogens is 481 g/mol. The van der Waals surface area contributed by atoms with Crippen molar-refractivity contribution in [3.8, 4) is 0 Å². The highest BCUT2D eigenvalue weighted by Gasteiger charge is 2.51. The van der Waals surface area contributed by atoms with Gasteiger partial charge < -0.3 is 24.5 Å². The second-order valence-corrected chi connectivity index (χ2v) is 9.23. The predicted molar refractivity (Wildman–Crippen MR) is 129 cm³/mol. The fourth-order valence-corrected chi connectivity index (χ4v) is 6.01. The van der Waals surface area contributed by atoms with Crippen molar-refractivity contribution in [3.63, 3.8) is 0 Å². The number of aliphatic hydroxyl groups is 1. The summed E-state index contributed by atoms with van der Waals surface area (Å²) >= 11 is 0. The van der Waals surface area contributed by atoms with E-state index in [1.807, 2.05) is 16.8 Å². The molecule has 6 rings (SSSR count). The number of benzene rings is 1. The normalized spacial score (nSPS) is 25.2. The Hall–Kier alpha value is -4.45. The number of nitrogens with zero attached hydrogens (tertiary/aromatic N) is 3. The van der Waals surface area contributed by atoms with Crippen LogP contribution in [-0.4, -0.2) is 65.9 Å². The standard InChI is InChI=1S/C27H20FN3O6/c1-3-27(35)20-7-21-25-18(10-32)17-6-15(28)4-14-5-16(8-29-36-2)31(26(14)17)22(25)9-30(21)23(11-33)19(20)13-37-24(27)12-34/h4,6-8,16,35H,3,5,9,13H2,1-2H3/b29-8-. The Balaban J connectivity index is 1.62. The van der Waals surface area contributed by atoms with Crippen molar-refractivity contribution >= 4 is 35.3 Å². The predicted octanol–water partition coefficient (Wildman–Crippen LogP) is 1.78.